The van der Waals surface area contributed by atoms with E-state index in [0.29, 0.717) is 24.6 Å². The number of hydrogen-bond acceptors (Lipinski definition) is 9. The van der Waals surface area contributed by atoms with E-state index in [-0.39, 0.29) is 19.1 Å². The van der Waals surface area contributed by atoms with Gasteiger partial charge in [0.15, 0.2) is 5.44 Å². The third-order valence-corrected chi connectivity index (χ3v) is 6.91. The lowest BCUT2D eigenvalue weighted by molar-refractivity contribution is -0.0915. The molecule has 1 fully saturated rings. The van der Waals surface area contributed by atoms with Gasteiger partial charge in [0.2, 0.25) is 5.88 Å². The Bertz CT molecular complexity index is 938. The van der Waals surface area contributed by atoms with E-state index in [0.717, 1.165) is 28.6 Å². The molecule has 1 aromatic carbocycles. The minimum atomic E-state index is -1.44. The molecule has 11 nitrogen and oxygen atoms in total. The van der Waals surface area contributed by atoms with Crippen LogP contribution < -0.4 is 20.5 Å². The number of rotatable bonds is 10. The van der Waals surface area contributed by atoms with Gasteiger partial charge in [-0.2, -0.15) is 0 Å². The summed E-state index contributed by atoms with van der Waals surface area (Å²) in [7, 11) is 0. The van der Waals surface area contributed by atoms with Crippen LogP contribution >= 0.6 is 11.8 Å². The fourth-order valence-corrected chi connectivity index (χ4v) is 4.85. The maximum Gasteiger partial charge on any atom is 0.312 e. The molecule has 0 radical (unpaired) electrons. The van der Waals surface area contributed by atoms with E-state index in [1.807, 2.05) is 38.1 Å². The van der Waals surface area contributed by atoms with E-state index >= 15 is 0 Å². The molecule has 2 amide bonds. The number of ether oxygens (including phenoxy) is 2. The Balaban J connectivity index is 1.72. The van der Waals surface area contributed by atoms with Crippen LogP contribution in [-0.4, -0.2) is 85.4 Å². The highest BCUT2D eigenvalue weighted by Gasteiger charge is 2.44. The van der Waals surface area contributed by atoms with Crippen LogP contribution in [0.3, 0.4) is 0 Å². The number of carbonyl (C=O) groups is 1. The quantitative estimate of drug-likeness (QED) is 0.224. The van der Waals surface area contributed by atoms with Crippen LogP contribution in [0.25, 0.3) is 0 Å². The van der Waals surface area contributed by atoms with E-state index in [1.54, 1.807) is 0 Å². The van der Waals surface area contributed by atoms with Gasteiger partial charge in [-0.3, -0.25) is 5.10 Å². The zero-order valence-corrected chi connectivity index (χ0v) is 19.9. The highest BCUT2D eigenvalue weighted by molar-refractivity contribution is 8.00. The van der Waals surface area contributed by atoms with Crippen LogP contribution in [0.4, 0.5) is 4.79 Å². The van der Waals surface area contributed by atoms with Crippen LogP contribution in [0.5, 0.6) is 11.6 Å². The first-order chi connectivity index (χ1) is 16.2. The zero-order valence-electron chi connectivity index (χ0n) is 19.0. The molecule has 1 saturated heterocycles. The number of aromatic nitrogens is 2. The second-order valence-corrected chi connectivity index (χ2v) is 9.69. The molecular formula is C22H32N4O7S. The minimum absolute atomic E-state index is 0.127. The van der Waals surface area contributed by atoms with Crippen molar-refractivity contribution in [2.45, 2.75) is 55.2 Å². The zero-order chi connectivity index (χ0) is 24.8. The molecule has 1 aliphatic rings. The summed E-state index contributed by atoms with van der Waals surface area (Å²) in [5, 5.41) is 49.2. The summed E-state index contributed by atoms with van der Waals surface area (Å²) in [5.74, 6) is 1.06. The number of aliphatic hydroxyl groups is 4. The lowest BCUT2D eigenvalue weighted by Gasteiger charge is -2.38. The van der Waals surface area contributed by atoms with Gasteiger partial charge in [-0.15, -0.1) is 16.9 Å². The number of primary amides is 1. The largest absolute Gasteiger partial charge is 0.492 e. The molecule has 12 heteroatoms. The van der Waals surface area contributed by atoms with Crippen molar-refractivity contribution in [2.75, 3.05) is 19.8 Å². The molecule has 0 bridgehead atoms. The maximum atomic E-state index is 10.7. The fourth-order valence-electron chi connectivity index (χ4n) is 3.63. The number of thioether (sulfide) groups is 1. The maximum absolute atomic E-state index is 10.7. The average Bonchev–Trinajstić information content (AvgIpc) is 3.20. The first kappa shape index (κ1) is 26.1. The summed E-state index contributed by atoms with van der Waals surface area (Å²) in [4.78, 5) is 10.7. The molecule has 0 aliphatic carbocycles. The topological polar surface area (TPSA) is 183 Å². The number of urea groups is 1. The molecule has 188 valence electrons. The van der Waals surface area contributed by atoms with Crippen molar-refractivity contribution in [1.29, 1.82) is 0 Å². The van der Waals surface area contributed by atoms with Gasteiger partial charge in [-0.05, 0) is 23.6 Å². The predicted octanol–water partition coefficient (Wildman–Crippen LogP) is 0.0663. The molecule has 8 N–H and O–H groups in total. The first-order valence-electron chi connectivity index (χ1n) is 11.0. The van der Waals surface area contributed by atoms with E-state index in [2.05, 4.69) is 15.5 Å². The third-order valence-electron chi connectivity index (χ3n) is 5.49. The van der Waals surface area contributed by atoms with E-state index < -0.39 is 35.0 Å². The number of amides is 2. The Hall–Kier alpha value is -2.51. The van der Waals surface area contributed by atoms with Crippen molar-refractivity contribution in [3.05, 3.63) is 41.1 Å². The number of carbonyl (C=O) groups excluding carboxylic acids is 1. The van der Waals surface area contributed by atoms with Crippen molar-refractivity contribution >= 4 is 17.8 Å². The number of hydrogen-bond donors (Lipinski definition) is 7. The van der Waals surface area contributed by atoms with E-state index in [1.165, 1.54) is 0 Å². The molecule has 3 rings (SSSR count). The summed E-state index contributed by atoms with van der Waals surface area (Å²) < 4.78 is 11.6. The predicted molar refractivity (Wildman–Crippen MR) is 126 cm³/mol. The normalized spacial score (nSPS) is 24.7. The standard InChI is InChI=1S/C22H32N4O7S/c1-11(2)16-14(9-12-3-5-13(6-4-12)32-8-7-24-22(23)31)20(26-25-16)33-21-19(30)18(29)17(28)15(10-27)34-21/h3-6,11,15,17-19,21,27-30H,7-10H2,1-2H3,(H,25,26)(H3,23,24,31)/t15-,17-,18?,19-,21-/m1/s1. The van der Waals surface area contributed by atoms with Gasteiger partial charge < -0.3 is 41.0 Å². The van der Waals surface area contributed by atoms with Gasteiger partial charge in [0.1, 0.15) is 24.6 Å². The van der Waals surface area contributed by atoms with Crippen molar-refractivity contribution in [1.82, 2.24) is 15.5 Å². The number of H-pyrrole nitrogens is 1. The van der Waals surface area contributed by atoms with Crippen LogP contribution in [-0.2, 0) is 6.42 Å². The van der Waals surface area contributed by atoms with Gasteiger partial charge >= 0.3 is 6.03 Å². The molecule has 34 heavy (non-hydrogen) atoms. The van der Waals surface area contributed by atoms with E-state index in [4.69, 9.17) is 15.2 Å². The highest BCUT2D eigenvalue weighted by Crippen LogP contribution is 2.36. The Morgan fingerprint density at radius 2 is 1.91 bits per heavy atom. The number of aromatic amines is 1. The Morgan fingerprint density at radius 1 is 1.21 bits per heavy atom. The van der Waals surface area contributed by atoms with Crippen molar-refractivity contribution < 1.29 is 34.7 Å². The number of aliphatic hydroxyl groups excluding tert-OH is 4. The fraction of sp³-hybridized carbons (Fsp3) is 0.545. The minimum Gasteiger partial charge on any atom is -0.492 e. The van der Waals surface area contributed by atoms with Gasteiger partial charge in [-0.1, -0.05) is 26.0 Å². The van der Waals surface area contributed by atoms with Crippen LogP contribution in [0.1, 0.15) is 36.6 Å². The first-order valence-corrected chi connectivity index (χ1v) is 11.9. The summed E-state index contributed by atoms with van der Waals surface area (Å²) in [5.41, 5.74) is 6.76. The summed E-state index contributed by atoms with van der Waals surface area (Å²) in [6.07, 6.45) is -3.57. The molecule has 1 aromatic heterocycles. The molecular weight excluding hydrogens is 464 g/mol. The monoisotopic (exact) mass is 496 g/mol. The molecule has 1 aliphatic heterocycles. The number of nitrogens with one attached hydrogen (secondary N) is 2. The second-order valence-electron chi connectivity index (χ2n) is 8.35. The third kappa shape index (κ3) is 6.33. The molecule has 5 atom stereocenters. The number of nitrogens with two attached hydrogens (primary N) is 1. The Morgan fingerprint density at radius 3 is 2.53 bits per heavy atom. The van der Waals surface area contributed by atoms with Crippen molar-refractivity contribution in [2.24, 2.45) is 5.73 Å². The van der Waals surface area contributed by atoms with Crippen molar-refractivity contribution in [3.63, 3.8) is 0 Å². The number of nitrogens with zero attached hydrogens (tertiary/aromatic N) is 1. The smallest absolute Gasteiger partial charge is 0.312 e. The molecule has 0 spiro atoms. The van der Waals surface area contributed by atoms with Crippen LogP contribution in [0.2, 0.25) is 0 Å². The van der Waals surface area contributed by atoms with Gasteiger partial charge in [0.25, 0.3) is 0 Å². The van der Waals surface area contributed by atoms with Gasteiger partial charge in [0, 0.05) is 17.7 Å². The van der Waals surface area contributed by atoms with Gasteiger partial charge in [0.05, 0.1) is 24.5 Å². The lowest BCUT2D eigenvalue weighted by Crippen LogP contribution is -2.55. The van der Waals surface area contributed by atoms with E-state index in [9.17, 15) is 25.2 Å². The second kappa shape index (κ2) is 11.8. The highest BCUT2D eigenvalue weighted by atomic mass is 32.2. The molecule has 2 aromatic rings. The van der Waals surface area contributed by atoms with Gasteiger partial charge in [-0.25, -0.2) is 4.79 Å². The molecule has 1 unspecified atom stereocenters. The van der Waals surface area contributed by atoms with Crippen LogP contribution in [0.15, 0.2) is 24.3 Å². The molecule has 2 heterocycles. The van der Waals surface area contributed by atoms with Crippen molar-refractivity contribution in [3.8, 4) is 11.6 Å². The lowest BCUT2D eigenvalue weighted by atomic mass is 9.99. The summed E-state index contributed by atoms with van der Waals surface area (Å²) in [6, 6.07) is 6.85. The molecule has 0 saturated carbocycles. The Labute approximate surface area is 201 Å². The number of benzene rings is 1. The summed E-state index contributed by atoms with van der Waals surface area (Å²) in [6.45, 7) is 4.26. The average molecular weight is 497 g/mol. The Kier molecular flexibility index (Phi) is 9.03. The summed E-state index contributed by atoms with van der Waals surface area (Å²) >= 11 is 1.06. The van der Waals surface area contributed by atoms with Crippen LogP contribution in [0, 0.1) is 0 Å². The SMILES string of the molecule is CC(C)c1[nH]nc(O[C@@H]2S[C@H](CO)[C@@H](O)C(O)[C@H]2O)c1Cc1ccc(OCCNC(N)=O)cc1.